The third kappa shape index (κ3) is 5.06. The van der Waals surface area contributed by atoms with Crippen LogP contribution < -0.4 is 5.32 Å². The smallest absolute Gasteiger partial charge is 0.214 e. The number of hydrogen-bond acceptors (Lipinski definition) is 4. The largest absolute Gasteiger partial charge is 0.314 e. The van der Waals surface area contributed by atoms with Gasteiger partial charge >= 0.3 is 0 Å². The van der Waals surface area contributed by atoms with Crippen LogP contribution in [0.1, 0.15) is 44.4 Å². The van der Waals surface area contributed by atoms with Gasteiger partial charge in [-0.05, 0) is 51.1 Å². The maximum atomic E-state index is 12.6. The summed E-state index contributed by atoms with van der Waals surface area (Å²) in [6.45, 7) is 5.41. The number of piperidine rings is 1. The van der Waals surface area contributed by atoms with Crippen molar-refractivity contribution in [2.24, 2.45) is 0 Å². The lowest BCUT2D eigenvalue weighted by molar-refractivity contribution is 0.344. The minimum atomic E-state index is -3.20. The molecule has 2 rings (SSSR count). The standard InChI is InChI=1S/C15H26N2O2S2/c1-13(2)17(12-15-7-5-10-20-15)21(18,19)11-8-14-6-3-4-9-16-14/h5,7,10,13-14,16H,3-4,6,8-9,11-12H2,1-2H3. The molecule has 1 aromatic rings. The van der Waals surface area contributed by atoms with Crippen LogP contribution in [-0.4, -0.2) is 37.1 Å². The Hall–Kier alpha value is -0.430. The summed E-state index contributed by atoms with van der Waals surface area (Å²) in [7, 11) is -3.20. The highest BCUT2D eigenvalue weighted by molar-refractivity contribution is 7.89. The van der Waals surface area contributed by atoms with Gasteiger partial charge in [-0.25, -0.2) is 8.42 Å². The average molecular weight is 331 g/mol. The maximum Gasteiger partial charge on any atom is 0.214 e. The second kappa shape index (κ2) is 7.72. The van der Waals surface area contributed by atoms with Crippen LogP contribution in [0, 0.1) is 0 Å². The van der Waals surface area contributed by atoms with E-state index >= 15 is 0 Å². The first kappa shape index (κ1) is 16.9. The number of hydrogen-bond donors (Lipinski definition) is 1. The lowest BCUT2D eigenvalue weighted by Crippen LogP contribution is -2.41. The molecular weight excluding hydrogens is 304 g/mol. The Morgan fingerprint density at radius 1 is 1.43 bits per heavy atom. The Bertz CT molecular complexity index is 506. The Morgan fingerprint density at radius 2 is 2.24 bits per heavy atom. The van der Waals surface area contributed by atoms with Crippen LogP contribution in [0.15, 0.2) is 17.5 Å². The van der Waals surface area contributed by atoms with E-state index in [0.29, 0.717) is 12.6 Å². The summed E-state index contributed by atoms with van der Waals surface area (Å²) in [6, 6.07) is 4.33. The van der Waals surface area contributed by atoms with E-state index in [0.717, 1.165) is 24.3 Å². The van der Waals surface area contributed by atoms with Crippen molar-refractivity contribution in [1.29, 1.82) is 0 Å². The number of rotatable bonds is 7. The van der Waals surface area contributed by atoms with Crippen molar-refractivity contribution in [2.45, 2.75) is 58.2 Å². The van der Waals surface area contributed by atoms with Gasteiger partial charge in [0.25, 0.3) is 0 Å². The number of nitrogens with zero attached hydrogens (tertiary/aromatic N) is 1. The lowest BCUT2D eigenvalue weighted by Gasteiger charge is -2.28. The van der Waals surface area contributed by atoms with Crippen molar-refractivity contribution in [1.82, 2.24) is 9.62 Å². The molecule has 0 bridgehead atoms. The zero-order valence-corrected chi connectivity index (χ0v) is 14.5. The summed E-state index contributed by atoms with van der Waals surface area (Å²) in [6.07, 6.45) is 4.23. The molecule has 1 fully saturated rings. The Labute approximate surface area is 132 Å². The summed E-state index contributed by atoms with van der Waals surface area (Å²) < 4.78 is 26.9. The van der Waals surface area contributed by atoms with Crippen LogP contribution in [0.2, 0.25) is 0 Å². The van der Waals surface area contributed by atoms with Gasteiger partial charge in [-0.2, -0.15) is 4.31 Å². The van der Waals surface area contributed by atoms with Gasteiger partial charge in [0.2, 0.25) is 10.0 Å². The predicted octanol–water partition coefficient (Wildman–Crippen LogP) is 2.82. The van der Waals surface area contributed by atoms with Gasteiger partial charge in [0.1, 0.15) is 0 Å². The topological polar surface area (TPSA) is 49.4 Å². The Balaban J connectivity index is 1.96. The van der Waals surface area contributed by atoms with E-state index in [-0.39, 0.29) is 11.8 Å². The molecule has 1 atom stereocenters. The molecule has 120 valence electrons. The monoisotopic (exact) mass is 330 g/mol. The molecule has 4 nitrogen and oxygen atoms in total. The van der Waals surface area contributed by atoms with Crippen LogP contribution in [0.4, 0.5) is 0 Å². The van der Waals surface area contributed by atoms with Gasteiger partial charge in [0.05, 0.1) is 5.75 Å². The molecule has 0 radical (unpaired) electrons. The summed E-state index contributed by atoms with van der Waals surface area (Å²) in [5, 5.41) is 5.42. The highest BCUT2D eigenvalue weighted by Crippen LogP contribution is 2.19. The van der Waals surface area contributed by atoms with E-state index in [1.807, 2.05) is 31.4 Å². The highest BCUT2D eigenvalue weighted by atomic mass is 32.2. The predicted molar refractivity (Wildman–Crippen MR) is 89.0 cm³/mol. The Kier molecular flexibility index (Phi) is 6.22. The molecule has 2 heterocycles. The van der Waals surface area contributed by atoms with Crippen molar-refractivity contribution in [3.8, 4) is 0 Å². The number of sulfonamides is 1. The zero-order valence-electron chi connectivity index (χ0n) is 12.9. The first-order chi connectivity index (χ1) is 9.99. The van der Waals surface area contributed by atoms with Crippen molar-refractivity contribution >= 4 is 21.4 Å². The van der Waals surface area contributed by atoms with Crippen molar-refractivity contribution in [3.05, 3.63) is 22.4 Å². The van der Waals surface area contributed by atoms with Gasteiger partial charge < -0.3 is 5.32 Å². The highest BCUT2D eigenvalue weighted by Gasteiger charge is 2.26. The quantitative estimate of drug-likeness (QED) is 0.836. The average Bonchev–Trinajstić information content (AvgIpc) is 2.96. The minimum Gasteiger partial charge on any atom is -0.314 e. The van der Waals surface area contributed by atoms with Gasteiger partial charge in [-0.15, -0.1) is 11.3 Å². The first-order valence-corrected chi connectivity index (χ1v) is 10.2. The van der Waals surface area contributed by atoms with Gasteiger partial charge in [0, 0.05) is 23.5 Å². The molecule has 1 aliphatic rings. The fourth-order valence-corrected chi connectivity index (χ4v) is 5.32. The van der Waals surface area contributed by atoms with E-state index < -0.39 is 10.0 Å². The van der Waals surface area contributed by atoms with Crippen molar-refractivity contribution < 1.29 is 8.42 Å². The molecule has 1 unspecified atom stereocenters. The van der Waals surface area contributed by atoms with E-state index in [9.17, 15) is 8.42 Å². The summed E-state index contributed by atoms with van der Waals surface area (Å²) in [4.78, 5) is 1.10. The van der Waals surface area contributed by atoms with E-state index in [1.54, 1.807) is 15.6 Å². The fourth-order valence-electron chi connectivity index (χ4n) is 2.74. The third-order valence-electron chi connectivity index (χ3n) is 3.96. The van der Waals surface area contributed by atoms with E-state index in [4.69, 9.17) is 0 Å². The van der Waals surface area contributed by atoms with Crippen molar-refractivity contribution in [3.63, 3.8) is 0 Å². The molecule has 1 saturated heterocycles. The molecule has 21 heavy (non-hydrogen) atoms. The Morgan fingerprint density at radius 3 is 2.81 bits per heavy atom. The molecule has 0 spiro atoms. The SMILES string of the molecule is CC(C)N(Cc1cccs1)S(=O)(=O)CCC1CCCCN1. The lowest BCUT2D eigenvalue weighted by atomic mass is 10.0. The molecule has 6 heteroatoms. The van der Waals surface area contributed by atoms with Gasteiger partial charge in [0.15, 0.2) is 0 Å². The first-order valence-electron chi connectivity index (χ1n) is 7.74. The summed E-state index contributed by atoms with van der Waals surface area (Å²) in [5.74, 6) is 0.244. The minimum absolute atomic E-state index is 0.00332. The molecule has 1 aliphatic heterocycles. The fraction of sp³-hybridized carbons (Fsp3) is 0.733. The van der Waals surface area contributed by atoms with Crippen LogP contribution in [-0.2, 0) is 16.6 Å². The summed E-state index contributed by atoms with van der Waals surface area (Å²) in [5.41, 5.74) is 0. The third-order valence-corrected chi connectivity index (χ3v) is 6.84. The molecule has 0 aliphatic carbocycles. The maximum absolute atomic E-state index is 12.6. The molecular formula is C15H26N2O2S2. The van der Waals surface area contributed by atoms with Crippen molar-refractivity contribution in [2.75, 3.05) is 12.3 Å². The van der Waals surface area contributed by atoms with E-state index in [2.05, 4.69) is 5.32 Å². The van der Waals surface area contributed by atoms with Crippen LogP contribution in [0.5, 0.6) is 0 Å². The van der Waals surface area contributed by atoms with Crippen LogP contribution >= 0.6 is 11.3 Å². The molecule has 0 saturated carbocycles. The second-order valence-electron chi connectivity index (χ2n) is 5.97. The zero-order chi connectivity index (χ0) is 15.3. The van der Waals surface area contributed by atoms with Gasteiger partial charge in [-0.3, -0.25) is 0 Å². The van der Waals surface area contributed by atoms with Crippen LogP contribution in [0.3, 0.4) is 0 Å². The normalized spacial score (nSPS) is 20.3. The number of thiophene rings is 1. The van der Waals surface area contributed by atoms with E-state index in [1.165, 1.54) is 12.8 Å². The van der Waals surface area contributed by atoms with Gasteiger partial charge in [-0.1, -0.05) is 12.5 Å². The molecule has 1 N–H and O–H groups in total. The molecule has 0 amide bonds. The van der Waals surface area contributed by atoms with Crippen LogP contribution in [0.25, 0.3) is 0 Å². The summed E-state index contributed by atoms with van der Waals surface area (Å²) >= 11 is 1.61. The number of nitrogens with one attached hydrogen (secondary N) is 1. The molecule has 1 aromatic heterocycles. The second-order valence-corrected chi connectivity index (χ2v) is 9.04. The molecule has 0 aromatic carbocycles.